The number of rotatable bonds is 6. The van der Waals surface area contributed by atoms with E-state index >= 15 is 0 Å². The average molecular weight is 300 g/mol. The van der Waals surface area contributed by atoms with Crippen molar-refractivity contribution in [2.75, 3.05) is 53.4 Å². The molecule has 0 saturated carbocycles. The summed E-state index contributed by atoms with van der Waals surface area (Å²) in [4.78, 5) is 29.2. The molecule has 2 N–H and O–H groups in total. The number of carbonyl (C=O) groups excluding carboxylic acids is 1. The van der Waals surface area contributed by atoms with Crippen molar-refractivity contribution in [3.8, 4) is 0 Å². The molecule has 1 rings (SSSR count). The van der Waals surface area contributed by atoms with Crippen LogP contribution in [0.15, 0.2) is 0 Å². The number of hydrogen-bond acceptors (Lipinski definition) is 4. The molecule has 7 heteroatoms. The Bertz CT molecular complexity index is 354. The largest absolute Gasteiger partial charge is 0.481 e. The number of aliphatic carboxylic acids is 1. The van der Waals surface area contributed by atoms with Crippen LogP contribution in [0.5, 0.6) is 0 Å². The molecule has 0 aromatic heterocycles. The lowest BCUT2D eigenvalue weighted by atomic mass is 10.0. The van der Waals surface area contributed by atoms with Crippen molar-refractivity contribution < 1.29 is 14.7 Å². The number of hydrogen-bond donors (Lipinski definition) is 2. The van der Waals surface area contributed by atoms with Crippen LogP contribution in [-0.2, 0) is 4.79 Å². The second-order valence-electron chi connectivity index (χ2n) is 6.00. The molecule has 21 heavy (non-hydrogen) atoms. The Morgan fingerprint density at radius 3 is 2.24 bits per heavy atom. The van der Waals surface area contributed by atoms with Crippen molar-refractivity contribution in [1.29, 1.82) is 0 Å². The third-order valence-corrected chi connectivity index (χ3v) is 4.01. The minimum atomic E-state index is -0.892. The van der Waals surface area contributed by atoms with Crippen molar-refractivity contribution in [1.82, 2.24) is 20.0 Å². The number of carboxylic acids is 1. The summed E-state index contributed by atoms with van der Waals surface area (Å²) in [7, 11) is 4.10. The molecule has 0 bridgehead atoms. The van der Waals surface area contributed by atoms with Gasteiger partial charge >= 0.3 is 12.0 Å². The zero-order valence-electron chi connectivity index (χ0n) is 13.5. The minimum absolute atomic E-state index is 0.164. The molecule has 122 valence electrons. The van der Waals surface area contributed by atoms with Crippen LogP contribution in [0.4, 0.5) is 4.79 Å². The van der Waals surface area contributed by atoms with E-state index in [-0.39, 0.29) is 12.1 Å². The Morgan fingerprint density at radius 2 is 1.76 bits per heavy atom. The molecule has 1 heterocycles. The second kappa shape index (κ2) is 8.19. The quantitative estimate of drug-likeness (QED) is 0.721. The molecule has 1 fully saturated rings. The van der Waals surface area contributed by atoms with Crippen molar-refractivity contribution in [2.24, 2.45) is 5.92 Å². The van der Waals surface area contributed by atoms with E-state index in [1.54, 1.807) is 18.7 Å². The first kappa shape index (κ1) is 17.7. The van der Waals surface area contributed by atoms with Gasteiger partial charge in [0.2, 0.25) is 0 Å². The highest BCUT2D eigenvalue weighted by Crippen LogP contribution is 2.06. The number of urea groups is 1. The SMILES string of the molecule is CC(NC(=O)N1CCN(CCN(C)C)CC1)C(C)C(=O)O. The number of amides is 2. The number of likely N-dealkylation sites (N-methyl/N-ethyl adjacent to an activating group) is 1. The maximum Gasteiger partial charge on any atom is 0.317 e. The lowest BCUT2D eigenvalue weighted by Gasteiger charge is -2.36. The van der Waals surface area contributed by atoms with Gasteiger partial charge < -0.3 is 20.2 Å². The molecular weight excluding hydrogens is 272 g/mol. The van der Waals surface area contributed by atoms with Crippen LogP contribution in [0.25, 0.3) is 0 Å². The predicted octanol–water partition coefficient (Wildman–Crippen LogP) is -0.0156. The second-order valence-corrected chi connectivity index (χ2v) is 6.00. The van der Waals surface area contributed by atoms with E-state index in [4.69, 9.17) is 5.11 Å². The molecule has 7 nitrogen and oxygen atoms in total. The van der Waals surface area contributed by atoms with E-state index < -0.39 is 11.9 Å². The van der Waals surface area contributed by atoms with E-state index in [1.165, 1.54) is 0 Å². The van der Waals surface area contributed by atoms with Gasteiger partial charge in [0.25, 0.3) is 0 Å². The minimum Gasteiger partial charge on any atom is -0.481 e. The summed E-state index contributed by atoms with van der Waals surface area (Å²) in [5.41, 5.74) is 0. The summed E-state index contributed by atoms with van der Waals surface area (Å²) in [5.74, 6) is -1.48. The molecule has 1 aliphatic heterocycles. The first-order valence-electron chi connectivity index (χ1n) is 7.46. The Balaban J connectivity index is 2.33. The molecule has 1 aliphatic rings. The van der Waals surface area contributed by atoms with Gasteiger partial charge in [-0.2, -0.15) is 0 Å². The van der Waals surface area contributed by atoms with Crippen LogP contribution in [0, 0.1) is 5.92 Å². The highest BCUT2D eigenvalue weighted by atomic mass is 16.4. The highest BCUT2D eigenvalue weighted by Gasteiger charge is 2.25. The molecule has 0 aromatic rings. The van der Waals surface area contributed by atoms with Crippen LogP contribution in [0.3, 0.4) is 0 Å². The van der Waals surface area contributed by atoms with E-state index in [1.807, 2.05) is 0 Å². The van der Waals surface area contributed by atoms with Gasteiger partial charge in [0, 0.05) is 45.3 Å². The highest BCUT2D eigenvalue weighted by molar-refractivity contribution is 5.76. The van der Waals surface area contributed by atoms with Crippen molar-refractivity contribution in [3.63, 3.8) is 0 Å². The average Bonchev–Trinajstić information content (AvgIpc) is 2.44. The summed E-state index contributed by atoms with van der Waals surface area (Å²) in [5, 5.41) is 11.7. The fourth-order valence-electron chi connectivity index (χ4n) is 2.14. The molecule has 0 aromatic carbocycles. The Morgan fingerprint density at radius 1 is 1.19 bits per heavy atom. The normalized spacial score (nSPS) is 19.4. The molecule has 0 radical (unpaired) electrons. The first-order valence-corrected chi connectivity index (χ1v) is 7.46. The Kier molecular flexibility index (Phi) is 6.91. The van der Waals surface area contributed by atoms with Crippen LogP contribution in [0.1, 0.15) is 13.8 Å². The zero-order valence-corrected chi connectivity index (χ0v) is 13.5. The maximum absolute atomic E-state index is 12.1. The van der Waals surface area contributed by atoms with Crippen molar-refractivity contribution in [2.45, 2.75) is 19.9 Å². The fraction of sp³-hybridized carbons (Fsp3) is 0.857. The van der Waals surface area contributed by atoms with Crippen molar-refractivity contribution in [3.05, 3.63) is 0 Å². The van der Waals surface area contributed by atoms with Crippen LogP contribution < -0.4 is 5.32 Å². The van der Waals surface area contributed by atoms with Crippen LogP contribution in [0.2, 0.25) is 0 Å². The molecule has 1 saturated heterocycles. The van der Waals surface area contributed by atoms with Gasteiger partial charge in [-0.05, 0) is 27.9 Å². The summed E-state index contributed by atoms with van der Waals surface area (Å²) >= 11 is 0. The monoisotopic (exact) mass is 300 g/mol. The van der Waals surface area contributed by atoms with Gasteiger partial charge in [0.05, 0.1) is 5.92 Å². The van der Waals surface area contributed by atoms with E-state index in [2.05, 4.69) is 29.2 Å². The number of piperazine rings is 1. The maximum atomic E-state index is 12.1. The van der Waals surface area contributed by atoms with Gasteiger partial charge in [0.1, 0.15) is 0 Å². The molecule has 2 unspecified atom stereocenters. The molecule has 2 atom stereocenters. The molecule has 2 amide bonds. The Hall–Kier alpha value is -1.34. The summed E-state index contributed by atoms with van der Waals surface area (Å²) in [6.07, 6.45) is 0. The third-order valence-electron chi connectivity index (χ3n) is 4.01. The fourth-order valence-corrected chi connectivity index (χ4v) is 2.14. The first-order chi connectivity index (χ1) is 9.81. The lowest BCUT2D eigenvalue weighted by molar-refractivity contribution is -0.141. The number of carboxylic acid groups (broad SMARTS) is 1. The number of nitrogens with zero attached hydrogens (tertiary/aromatic N) is 3. The molecule has 0 spiro atoms. The predicted molar refractivity (Wildman–Crippen MR) is 81.4 cm³/mol. The zero-order chi connectivity index (χ0) is 16.0. The third kappa shape index (κ3) is 5.89. The summed E-state index contributed by atoms with van der Waals surface area (Å²) in [6, 6.07) is -0.537. The van der Waals surface area contributed by atoms with Gasteiger partial charge in [-0.3, -0.25) is 9.69 Å². The number of nitrogens with one attached hydrogen (secondary N) is 1. The molecular formula is C14H28N4O3. The van der Waals surface area contributed by atoms with E-state index in [0.29, 0.717) is 13.1 Å². The smallest absolute Gasteiger partial charge is 0.317 e. The van der Waals surface area contributed by atoms with Gasteiger partial charge in [-0.25, -0.2) is 4.79 Å². The van der Waals surface area contributed by atoms with Crippen molar-refractivity contribution >= 4 is 12.0 Å². The topological polar surface area (TPSA) is 76.1 Å². The Labute approximate surface area is 126 Å². The summed E-state index contributed by atoms with van der Waals surface area (Å²) < 4.78 is 0. The molecule has 0 aliphatic carbocycles. The van der Waals surface area contributed by atoms with E-state index in [9.17, 15) is 9.59 Å². The summed E-state index contributed by atoms with van der Waals surface area (Å²) in [6.45, 7) is 8.46. The van der Waals surface area contributed by atoms with Crippen LogP contribution >= 0.6 is 0 Å². The van der Waals surface area contributed by atoms with E-state index in [0.717, 1.165) is 26.2 Å². The van der Waals surface area contributed by atoms with Gasteiger partial charge in [0.15, 0.2) is 0 Å². The number of carbonyl (C=O) groups is 2. The lowest BCUT2D eigenvalue weighted by Crippen LogP contribution is -2.54. The van der Waals surface area contributed by atoms with Gasteiger partial charge in [-0.1, -0.05) is 0 Å². The van der Waals surface area contributed by atoms with Crippen LogP contribution in [-0.4, -0.2) is 91.2 Å². The standard InChI is InChI=1S/C14H28N4O3/c1-11(13(19)20)12(2)15-14(21)18-9-7-17(8-10-18)6-5-16(3)4/h11-12H,5-10H2,1-4H3,(H,15,21)(H,19,20). The van der Waals surface area contributed by atoms with Gasteiger partial charge in [-0.15, -0.1) is 0 Å².